The van der Waals surface area contributed by atoms with Gasteiger partial charge in [0.25, 0.3) is 0 Å². The van der Waals surface area contributed by atoms with Crippen molar-refractivity contribution in [2.24, 2.45) is 0 Å². The average Bonchev–Trinajstić information content (AvgIpc) is 2.61. The highest BCUT2D eigenvalue weighted by atomic mass is 15.1. The van der Waals surface area contributed by atoms with Crippen LogP contribution in [0.2, 0.25) is 0 Å². The summed E-state index contributed by atoms with van der Waals surface area (Å²) in [7, 11) is 0. The molecule has 1 nitrogen and oxygen atoms in total. The molecule has 0 amide bonds. The van der Waals surface area contributed by atoms with Crippen LogP contribution in [-0.4, -0.2) is 13.1 Å². The van der Waals surface area contributed by atoms with Crippen molar-refractivity contribution in [3.05, 3.63) is 30.3 Å². The molecule has 0 bridgehead atoms. The molecule has 2 rings (SSSR count). The Morgan fingerprint density at radius 2 is 1.33 bits per heavy atom. The molecule has 0 spiro atoms. The third kappa shape index (κ3) is 3.94. The van der Waals surface area contributed by atoms with Crippen molar-refractivity contribution in [1.82, 2.24) is 0 Å². The molecule has 0 radical (unpaired) electrons. The molecule has 15 heavy (non-hydrogen) atoms. The minimum atomic E-state index is 1.24. The van der Waals surface area contributed by atoms with E-state index in [0.29, 0.717) is 0 Å². The van der Waals surface area contributed by atoms with Gasteiger partial charge in [-0.15, -0.1) is 0 Å². The maximum atomic E-state index is 2.51. The Kier molecular flexibility index (Phi) is 5.91. The SMILES string of the molecule is CC.c1ccc(N2CCCCCC2)cc1. The van der Waals surface area contributed by atoms with Gasteiger partial charge in [-0.2, -0.15) is 0 Å². The average molecular weight is 205 g/mol. The predicted molar refractivity (Wildman–Crippen MR) is 68.5 cm³/mol. The van der Waals surface area contributed by atoms with Crippen LogP contribution in [0.1, 0.15) is 39.5 Å². The number of nitrogens with zero attached hydrogens (tertiary/aromatic N) is 1. The summed E-state index contributed by atoms with van der Waals surface area (Å²) in [6.07, 6.45) is 5.52. The largest absolute Gasteiger partial charge is 0.372 e. The molecule has 1 aromatic carbocycles. The fourth-order valence-electron chi connectivity index (χ4n) is 1.97. The first-order valence-electron chi connectivity index (χ1n) is 6.27. The zero-order valence-electron chi connectivity index (χ0n) is 10.1. The Bertz CT molecular complexity index is 235. The monoisotopic (exact) mass is 205 g/mol. The summed E-state index contributed by atoms with van der Waals surface area (Å²) >= 11 is 0. The van der Waals surface area contributed by atoms with E-state index < -0.39 is 0 Å². The summed E-state index contributed by atoms with van der Waals surface area (Å²) in [6.45, 7) is 6.48. The van der Waals surface area contributed by atoms with E-state index in [-0.39, 0.29) is 0 Å². The molecule has 1 heteroatoms. The summed E-state index contributed by atoms with van der Waals surface area (Å²) in [4.78, 5) is 2.51. The number of anilines is 1. The third-order valence-corrected chi connectivity index (χ3v) is 2.73. The minimum absolute atomic E-state index is 1.24. The zero-order valence-corrected chi connectivity index (χ0v) is 10.1. The Balaban J connectivity index is 0.000000531. The standard InChI is InChI=1S/C12H17N.C2H6/c1-2-7-11-13(10-6-1)12-8-4-3-5-9-12;1-2/h3-5,8-9H,1-2,6-7,10-11H2;1-2H3. The van der Waals surface area contributed by atoms with Gasteiger partial charge >= 0.3 is 0 Å². The van der Waals surface area contributed by atoms with Crippen LogP contribution in [-0.2, 0) is 0 Å². The summed E-state index contributed by atoms with van der Waals surface area (Å²) in [6, 6.07) is 10.8. The fourth-order valence-corrected chi connectivity index (χ4v) is 1.97. The van der Waals surface area contributed by atoms with Crippen molar-refractivity contribution >= 4 is 5.69 Å². The lowest BCUT2D eigenvalue weighted by Crippen LogP contribution is -2.23. The van der Waals surface area contributed by atoms with Crippen LogP contribution in [0.15, 0.2) is 30.3 Å². The maximum absolute atomic E-state index is 2.51. The second-order valence-corrected chi connectivity index (χ2v) is 3.74. The highest BCUT2D eigenvalue weighted by Gasteiger charge is 2.08. The van der Waals surface area contributed by atoms with E-state index in [1.165, 1.54) is 44.5 Å². The van der Waals surface area contributed by atoms with Gasteiger partial charge in [0.15, 0.2) is 0 Å². The lowest BCUT2D eigenvalue weighted by molar-refractivity contribution is 0.726. The predicted octanol–water partition coefficient (Wildman–Crippen LogP) is 4.09. The van der Waals surface area contributed by atoms with Crippen LogP contribution in [0, 0.1) is 0 Å². The van der Waals surface area contributed by atoms with Gasteiger partial charge in [0.1, 0.15) is 0 Å². The molecular weight excluding hydrogens is 182 g/mol. The Labute approximate surface area is 94.1 Å². The van der Waals surface area contributed by atoms with Gasteiger partial charge in [0.2, 0.25) is 0 Å². The minimum Gasteiger partial charge on any atom is -0.372 e. The summed E-state index contributed by atoms with van der Waals surface area (Å²) in [5, 5.41) is 0. The van der Waals surface area contributed by atoms with E-state index in [1.807, 2.05) is 13.8 Å². The van der Waals surface area contributed by atoms with Gasteiger partial charge < -0.3 is 4.90 Å². The molecule has 1 fully saturated rings. The van der Waals surface area contributed by atoms with Crippen LogP contribution in [0.5, 0.6) is 0 Å². The molecule has 0 atom stereocenters. The first-order chi connectivity index (χ1) is 7.47. The smallest absolute Gasteiger partial charge is 0.0366 e. The summed E-state index contributed by atoms with van der Waals surface area (Å²) in [5.41, 5.74) is 1.39. The highest BCUT2D eigenvalue weighted by Crippen LogP contribution is 2.18. The molecule has 0 aliphatic carbocycles. The van der Waals surface area contributed by atoms with Gasteiger partial charge in [-0.05, 0) is 25.0 Å². The van der Waals surface area contributed by atoms with Crippen molar-refractivity contribution < 1.29 is 0 Å². The molecule has 84 valence electrons. The van der Waals surface area contributed by atoms with Crippen LogP contribution >= 0.6 is 0 Å². The quantitative estimate of drug-likeness (QED) is 0.667. The number of hydrogen-bond donors (Lipinski definition) is 0. The number of benzene rings is 1. The van der Waals surface area contributed by atoms with E-state index >= 15 is 0 Å². The molecule has 1 aromatic rings. The Morgan fingerprint density at radius 3 is 1.87 bits per heavy atom. The fraction of sp³-hybridized carbons (Fsp3) is 0.571. The van der Waals surface area contributed by atoms with Crippen molar-refractivity contribution in [2.45, 2.75) is 39.5 Å². The maximum Gasteiger partial charge on any atom is 0.0366 e. The van der Waals surface area contributed by atoms with Crippen molar-refractivity contribution in [3.63, 3.8) is 0 Å². The highest BCUT2D eigenvalue weighted by molar-refractivity contribution is 5.45. The molecule has 0 aromatic heterocycles. The van der Waals surface area contributed by atoms with E-state index in [2.05, 4.69) is 35.2 Å². The summed E-state index contributed by atoms with van der Waals surface area (Å²) < 4.78 is 0. The van der Waals surface area contributed by atoms with Crippen LogP contribution in [0.4, 0.5) is 5.69 Å². The van der Waals surface area contributed by atoms with Crippen LogP contribution < -0.4 is 4.90 Å². The van der Waals surface area contributed by atoms with Gasteiger partial charge in [0.05, 0.1) is 0 Å². The van der Waals surface area contributed by atoms with Crippen molar-refractivity contribution in [3.8, 4) is 0 Å². The number of rotatable bonds is 1. The van der Waals surface area contributed by atoms with E-state index in [1.54, 1.807) is 0 Å². The van der Waals surface area contributed by atoms with Crippen molar-refractivity contribution in [1.29, 1.82) is 0 Å². The normalized spacial score (nSPS) is 16.3. The number of para-hydroxylation sites is 1. The lowest BCUT2D eigenvalue weighted by atomic mass is 10.2. The molecule has 1 heterocycles. The first kappa shape index (κ1) is 12.1. The Hall–Kier alpha value is -0.980. The lowest BCUT2D eigenvalue weighted by Gasteiger charge is -2.22. The Morgan fingerprint density at radius 1 is 0.800 bits per heavy atom. The first-order valence-corrected chi connectivity index (χ1v) is 6.27. The third-order valence-electron chi connectivity index (χ3n) is 2.73. The zero-order chi connectivity index (χ0) is 10.9. The second kappa shape index (κ2) is 7.33. The molecule has 1 aliphatic rings. The summed E-state index contributed by atoms with van der Waals surface area (Å²) in [5.74, 6) is 0. The molecule has 1 aliphatic heterocycles. The number of hydrogen-bond acceptors (Lipinski definition) is 1. The molecule has 0 unspecified atom stereocenters. The van der Waals surface area contributed by atoms with Gasteiger partial charge in [-0.3, -0.25) is 0 Å². The van der Waals surface area contributed by atoms with Gasteiger partial charge in [-0.1, -0.05) is 44.9 Å². The van der Waals surface area contributed by atoms with E-state index in [0.717, 1.165) is 0 Å². The molecular formula is C14H23N. The van der Waals surface area contributed by atoms with E-state index in [9.17, 15) is 0 Å². The molecule has 0 saturated carbocycles. The molecule has 1 saturated heterocycles. The second-order valence-electron chi connectivity index (χ2n) is 3.74. The van der Waals surface area contributed by atoms with Gasteiger partial charge in [0, 0.05) is 18.8 Å². The van der Waals surface area contributed by atoms with E-state index in [4.69, 9.17) is 0 Å². The van der Waals surface area contributed by atoms with Crippen molar-refractivity contribution in [2.75, 3.05) is 18.0 Å². The topological polar surface area (TPSA) is 3.24 Å². The molecule has 0 N–H and O–H groups in total. The van der Waals surface area contributed by atoms with Gasteiger partial charge in [-0.25, -0.2) is 0 Å². The van der Waals surface area contributed by atoms with Crippen LogP contribution in [0.25, 0.3) is 0 Å². The van der Waals surface area contributed by atoms with Crippen LogP contribution in [0.3, 0.4) is 0 Å².